The van der Waals surface area contributed by atoms with Gasteiger partial charge in [0, 0.05) is 25.7 Å². The van der Waals surface area contributed by atoms with Crippen molar-refractivity contribution in [3.8, 4) is 5.75 Å². The normalized spacial score (nSPS) is 18.4. The Morgan fingerprint density at radius 1 is 1.36 bits per heavy atom. The second kappa shape index (κ2) is 8.74. The van der Waals surface area contributed by atoms with Crippen LogP contribution in [0.15, 0.2) is 24.3 Å². The van der Waals surface area contributed by atoms with Crippen LogP contribution in [0.3, 0.4) is 0 Å². The van der Waals surface area contributed by atoms with E-state index in [0.717, 1.165) is 24.2 Å². The molecule has 6 nitrogen and oxygen atoms in total. The first kappa shape index (κ1) is 19.1. The summed E-state index contributed by atoms with van der Waals surface area (Å²) in [7, 11) is 3.44. The third kappa shape index (κ3) is 4.44. The van der Waals surface area contributed by atoms with Gasteiger partial charge in [0.2, 0.25) is 5.91 Å². The summed E-state index contributed by atoms with van der Waals surface area (Å²) in [5, 5.41) is 0. The van der Waals surface area contributed by atoms with E-state index >= 15 is 0 Å². The van der Waals surface area contributed by atoms with E-state index < -0.39 is 0 Å². The lowest BCUT2D eigenvalue weighted by atomic mass is 9.95. The lowest BCUT2D eigenvalue weighted by Gasteiger charge is -2.35. The highest BCUT2D eigenvalue weighted by Crippen LogP contribution is 2.30. The molecule has 1 aliphatic heterocycles. The number of hydrogen-bond donors (Lipinski definition) is 0. The molecule has 1 heterocycles. The average molecular weight is 348 g/mol. The van der Waals surface area contributed by atoms with Crippen LogP contribution >= 0.6 is 0 Å². The summed E-state index contributed by atoms with van der Waals surface area (Å²) in [5.74, 6) is 0.624. The maximum Gasteiger partial charge on any atom is 0.409 e. The predicted octanol–water partition coefficient (Wildman–Crippen LogP) is 3.08. The molecule has 2 rings (SSSR count). The third-order valence-electron chi connectivity index (χ3n) is 4.81. The number of carbonyl (C=O) groups excluding carboxylic acids is 2. The van der Waals surface area contributed by atoms with Gasteiger partial charge in [-0.25, -0.2) is 4.79 Å². The molecule has 1 aliphatic rings. The quantitative estimate of drug-likeness (QED) is 0.820. The standard InChI is InChI=1S/C19H28N2O4/c1-5-25-19(23)21-12-8-9-15(13-21)18(22)20(3)14(2)16-10-6-7-11-17(16)24-4/h6-7,10-11,14-15H,5,8-9,12-13H2,1-4H3. The van der Waals surface area contributed by atoms with Crippen LogP contribution in [0.4, 0.5) is 4.79 Å². The van der Waals surface area contributed by atoms with Crippen LogP contribution in [0.25, 0.3) is 0 Å². The minimum absolute atomic E-state index is 0.0485. The Bertz CT molecular complexity index is 605. The lowest BCUT2D eigenvalue weighted by Crippen LogP contribution is -2.46. The van der Waals surface area contributed by atoms with E-state index in [9.17, 15) is 9.59 Å². The molecule has 2 amide bonds. The van der Waals surface area contributed by atoms with E-state index in [-0.39, 0.29) is 24.0 Å². The highest BCUT2D eigenvalue weighted by molar-refractivity contribution is 5.80. The maximum absolute atomic E-state index is 12.9. The molecule has 2 atom stereocenters. The Hall–Kier alpha value is -2.24. The number of amides is 2. The molecule has 0 N–H and O–H groups in total. The van der Waals surface area contributed by atoms with Crippen molar-refractivity contribution in [2.45, 2.75) is 32.7 Å². The zero-order valence-corrected chi connectivity index (χ0v) is 15.5. The lowest BCUT2D eigenvalue weighted by molar-refractivity contribution is -0.137. The minimum Gasteiger partial charge on any atom is -0.496 e. The van der Waals surface area contributed by atoms with E-state index in [4.69, 9.17) is 9.47 Å². The zero-order valence-electron chi connectivity index (χ0n) is 15.5. The van der Waals surface area contributed by atoms with Crippen molar-refractivity contribution in [1.29, 1.82) is 0 Å². The van der Waals surface area contributed by atoms with Gasteiger partial charge in [-0.05, 0) is 32.8 Å². The van der Waals surface area contributed by atoms with Gasteiger partial charge in [0.25, 0.3) is 0 Å². The van der Waals surface area contributed by atoms with Gasteiger partial charge in [0.05, 0.1) is 25.7 Å². The number of carbonyl (C=O) groups is 2. The molecule has 0 saturated carbocycles. The second-order valence-electron chi connectivity index (χ2n) is 6.35. The summed E-state index contributed by atoms with van der Waals surface area (Å²) in [4.78, 5) is 28.3. The summed E-state index contributed by atoms with van der Waals surface area (Å²) in [5.41, 5.74) is 0.971. The Kier molecular flexibility index (Phi) is 6.67. The highest BCUT2D eigenvalue weighted by Gasteiger charge is 2.32. The average Bonchev–Trinajstić information content (AvgIpc) is 2.66. The summed E-state index contributed by atoms with van der Waals surface area (Å²) in [6.07, 6.45) is 1.27. The van der Waals surface area contributed by atoms with Crippen molar-refractivity contribution in [2.24, 2.45) is 5.92 Å². The Labute approximate surface area is 149 Å². The van der Waals surface area contributed by atoms with Crippen molar-refractivity contribution >= 4 is 12.0 Å². The molecule has 0 aromatic heterocycles. The number of para-hydroxylation sites is 1. The number of methoxy groups -OCH3 is 1. The molecule has 0 radical (unpaired) electrons. The van der Waals surface area contributed by atoms with Gasteiger partial charge in [-0.3, -0.25) is 4.79 Å². The number of hydrogen-bond acceptors (Lipinski definition) is 4. The van der Waals surface area contributed by atoms with E-state index in [1.54, 1.807) is 23.8 Å². The third-order valence-corrected chi connectivity index (χ3v) is 4.81. The fraction of sp³-hybridized carbons (Fsp3) is 0.579. The predicted molar refractivity (Wildman–Crippen MR) is 95.5 cm³/mol. The molecule has 0 bridgehead atoms. The molecule has 138 valence electrons. The molecule has 6 heteroatoms. The van der Waals surface area contributed by atoms with E-state index in [1.165, 1.54) is 0 Å². The highest BCUT2D eigenvalue weighted by atomic mass is 16.6. The van der Waals surface area contributed by atoms with Gasteiger partial charge in [-0.15, -0.1) is 0 Å². The topological polar surface area (TPSA) is 59.1 Å². The molecule has 1 saturated heterocycles. The van der Waals surface area contributed by atoms with Crippen LogP contribution in [0, 0.1) is 5.92 Å². The van der Waals surface area contributed by atoms with Gasteiger partial charge in [0.1, 0.15) is 5.75 Å². The fourth-order valence-corrected chi connectivity index (χ4v) is 3.26. The smallest absolute Gasteiger partial charge is 0.409 e. The molecule has 25 heavy (non-hydrogen) atoms. The first-order valence-corrected chi connectivity index (χ1v) is 8.80. The number of benzene rings is 1. The van der Waals surface area contributed by atoms with Crippen LogP contribution in [-0.4, -0.2) is 55.7 Å². The molecule has 0 spiro atoms. The molecular formula is C19H28N2O4. The molecule has 1 fully saturated rings. The van der Waals surface area contributed by atoms with Gasteiger partial charge >= 0.3 is 6.09 Å². The molecule has 1 aromatic rings. The maximum atomic E-state index is 12.9. The summed E-state index contributed by atoms with van der Waals surface area (Å²) < 4.78 is 10.5. The summed E-state index contributed by atoms with van der Waals surface area (Å²) in [6, 6.07) is 7.61. The SMILES string of the molecule is CCOC(=O)N1CCCC(C(=O)N(C)C(C)c2ccccc2OC)C1. The van der Waals surface area contributed by atoms with E-state index in [0.29, 0.717) is 19.7 Å². The number of nitrogens with zero attached hydrogens (tertiary/aromatic N) is 2. The van der Waals surface area contributed by atoms with Crippen LogP contribution in [0.1, 0.15) is 38.3 Å². The first-order chi connectivity index (χ1) is 12.0. The largest absolute Gasteiger partial charge is 0.496 e. The van der Waals surface area contributed by atoms with Crippen LogP contribution in [-0.2, 0) is 9.53 Å². The summed E-state index contributed by atoms with van der Waals surface area (Å²) in [6.45, 7) is 5.18. The van der Waals surface area contributed by atoms with Crippen molar-refractivity contribution in [3.05, 3.63) is 29.8 Å². The number of rotatable bonds is 5. The van der Waals surface area contributed by atoms with E-state index in [1.807, 2.05) is 38.2 Å². The molecule has 1 aromatic carbocycles. The Morgan fingerprint density at radius 2 is 2.08 bits per heavy atom. The molecular weight excluding hydrogens is 320 g/mol. The van der Waals surface area contributed by atoms with Crippen molar-refractivity contribution in [1.82, 2.24) is 9.80 Å². The van der Waals surface area contributed by atoms with Crippen molar-refractivity contribution in [3.63, 3.8) is 0 Å². The van der Waals surface area contributed by atoms with Crippen molar-refractivity contribution < 1.29 is 19.1 Å². The number of ether oxygens (including phenoxy) is 2. The second-order valence-corrected chi connectivity index (χ2v) is 6.35. The minimum atomic E-state index is -0.333. The van der Waals surface area contributed by atoms with Crippen molar-refractivity contribution in [2.75, 3.05) is 33.9 Å². The van der Waals surface area contributed by atoms with Gasteiger partial charge in [-0.2, -0.15) is 0 Å². The Morgan fingerprint density at radius 3 is 2.76 bits per heavy atom. The first-order valence-electron chi connectivity index (χ1n) is 8.80. The number of likely N-dealkylation sites (tertiary alicyclic amines) is 1. The van der Waals surface area contributed by atoms with Gasteiger partial charge in [-0.1, -0.05) is 18.2 Å². The zero-order chi connectivity index (χ0) is 18.4. The van der Waals surface area contributed by atoms with Crippen LogP contribution in [0.5, 0.6) is 5.75 Å². The molecule has 2 unspecified atom stereocenters. The van der Waals surface area contributed by atoms with Crippen LogP contribution in [0.2, 0.25) is 0 Å². The fourth-order valence-electron chi connectivity index (χ4n) is 3.26. The number of piperidine rings is 1. The van der Waals surface area contributed by atoms with E-state index in [2.05, 4.69) is 0 Å². The monoisotopic (exact) mass is 348 g/mol. The van der Waals surface area contributed by atoms with Gasteiger partial charge in [0.15, 0.2) is 0 Å². The van der Waals surface area contributed by atoms with Gasteiger partial charge < -0.3 is 19.3 Å². The van der Waals surface area contributed by atoms with Crippen LogP contribution < -0.4 is 4.74 Å². The molecule has 0 aliphatic carbocycles. The Balaban J connectivity index is 2.07. The summed E-state index contributed by atoms with van der Waals surface area (Å²) >= 11 is 0.